The lowest BCUT2D eigenvalue weighted by atomic mass is 10.1. The monoisotopic (exact) mass is 317 g/mol. The van der Waals surface area contributed by atoms with Gasteiger partial charge in [-0.3, -0.25) is 9.59 Å². The Hall–Kier alpha value is -3.34. The smallest absolute Gasteiger partial charge is 0.258 e. The van der Waals surface area contributed by atoms with Gasteiger partial charge < -0.3 is 5.32 Å². The van der Waals surface area contributed by atoms with E-state index in [1.54, 1.807) is 24.3 Å². The van der Waals surface area contributed by atoms with E-state index in [1.165, 1.54) is 19.3 Å². The molecule has 0 saturated carbocycles. The first kappa shape index (κ1) is 15.6. The number of hydrogen-bond donors (Lipinski definition) is 1. The average molecular weight is 317 g/mol. The summed E-state index contributed by atoms with van der Waals surface area (Å²) in [5.41, 5.74) is 2.15. The maximum absolute atomic E-state index is 12.3. The van der Waals surface area contributed by atoms with Crippen molar-refractivity contribution in [1.29, 1.82) is 0 Å². The van der Waals surface area contributed by atoms with Crippen molar-refractivity contribution in [3.8, 4) is 11.4 Å². The maximum Gasteiger partial charge on any atom is 0.258 e. The average Bonchev–Trinajstić information content (AvgIpc) is 2.63. The summed E-state index contributed by atoms with van der Waals surface area (Å²) < 4.78 is 0. The quantitative estimate of drug-likeness (QED) is 0.746. The van der Waals surface area contributed by atoms with Crippen molar-refractivity contribution >= 4 is 17.4 Å². The minimum Gasteiger partial charge on any atom is -0.321 e. The molecule has 1 N–H and O–H groups in total. The van der Waals surface area contributed by atoms with E-state index in [1.807, 2.05) is 30.3 Å². The van der Waals surface area contributed by atoms with Crippen molar-refractivity contribution in [3.63, 3.8) is 0 Å². The molecule has 0 aliphatic rings. The molecule has 5 heteroatoms. The lowest BCUT2D eigenvalue weighted by Crippen LogP contribution is -2.15. The zero-order chi connectivity index (χ0) is 16.9. The number of aromatic nitrogens is 2. The summed E-state index contributed by atoms with van der Waals surface area (Å²) in [7, 11) is 0. The number of anilines is 1. The molecule has 3 aromatic rings. The largest absolute Gasteiger partial charge is 0.321 e. The van der Waals surface area contributed by atoms with Gasteiger partial charge in [-0.05, 0) is 19.1 Å². The molecule has 0 fully saturated rings. The third-order valence-electron chi connectivity index (χ3n) is 3.50. The SMILES string of the molecule is CC(=O)c1ccccc1NC(=O)c1cnc(-c2ccccc2)nc1. The van der Waals surface area contributed by atoms with Crippen molar-refractivity contribution < 1.29 is 9.59 Å². The topological polar surface area (TPSA) is 72.0 Å². The van der Waals surface area contributed by atoms with E-state index in [2.05, 4.69) is 15.3 Å². The van der Waals surface area contributed by atoms with E-state index in [4.69, 9.17) is 0 Å². The van der Waals surface area contributed by atoms with E-state index in [0.29, 0.717) is 22.6 Å². The third-order valence-corrected chi connectivity index (χ3v) is 3.50. The van der Waals surface area contributed by atoms with E-state index in [-0.39, 0.29) is 11.7 Å². The second kappa shape index (κ2) is 6.83. The highest BCUT2D eigenvalue weighted by molar-refractivity contribution is 6.08. The summed E-state index contributed by atoms with van der Waals surface area (Å²) in [5.74, 6) is 0.0844. The predicted octanol–water partition coefficient (Wildman–Crippen LogP) is 3.60. The molecule has 0 bridgehead atoms. The fourth-order valence-corrected chi connectivity index (χ4v) is 2.28. The predicted molar refractivity (Wildman–Crippen MR) is 91.9 cm³/mol. The molecule has 118 valence electrons. The number of nitrogens with one attached hydrogen (secondary N) is 1. The van der Waals surface area contributed by atoms with Crippen LogP contribution in [0, 0.1) is 0 Å². The van der Waals surface area contributed by atoms with Crippen LogP contribution in [0.3, 0.4) is 0 Å². The highest BCUT2D eigenvalue weighted by Crippen LogP contribution is 2.17. The first-order valence-electron chi connectivity index (χ1n) is 7.44. The lowest BCUT2D eigenvalue weighted by Gasteiger charge is -2.09. The summed E-state index contributed by atoms with van der Waals surface area (Å²) in [6.07, 6.45) is 2.95. The summed E-state index contributed by atoms with van der Waals surface area (Å²) in [4.78, 5) is 32.4. The highest BCUT2D eigenvalue weighted by Gasteiger charge is 2.12. The molecule has 0 atom stereocenters. The molecule has 0 radical (unpaired) electrons. The van der Waals surface area contributed by atoms with Crippen LogP contribution in [-0.4, -0.2) is 21.7 Å². The molecule has 1 heterocycles. The summed E-state index contributed by atoms with van der Waals surface area (Å²) >= 11 is 0. The van der Waals surface area contributed by atoms with Gasteiger partial charge in [-0.2, -0.15) is 0 Å². The van der Waals surface area contributed by atoms with Gasteiger partial charge in [-0.1, -0.05) is 42.5 Å². The normalized spacial score (nSPS) is 10.2. The zero-order valence-electron chi connectivity index (χ0n) is 13.1. The number of nitrogens with zero attached hydrogens (tertiary/aromatic N) is 2. The molecule has 0 unspecified atom stereocenters. The highest BCUT2D eigenvalue weighted by atomic mass is 16.1. The standard InChI is InChI=1S/C19H15N3O2/c1-13(23)16-9-5-6-10-17(16)22-19(24)15-11-20-18(21-12-15)14-7-3-2-4-8-14/h2-12H,1H3,(H,22,24). The molecule has 1 amide bonds. The second-order valence-electron chi connectivity index (χ2n) is 5.22. The van der Waals surface area contributed by atoms with Gasteiger partial charge in [0.25, 0.3) is 5.91 Å². The number of rotatable bonds is 4. The molecular formula is C19H15N3O2. The number of amides is 1. The Morgan fingerprint density at radius 1 is 0.875 bits per heavy atom. The van der Waals surface area contributed by atoms with Crippen LogP contribution in [-0.2, 0) is 0 Å². The summed E-state index contributed by atoms with van der Waals surface area (Å²) in [6.45, 7) is 1.46. The van der Waals surface area contributed by atoms with Crippen molar-refractivity contribution in [2.75, 3.05) is 5.32 Å². The van der Waals surface area contributed by atoms with E-state index in [0.717, 1.165) is 5.56 Å². The molecule has 3 rings (SSSR count). The van der Waals surface area contributed by atoms with Gasteiger partial charge in [0.1, 0.15) is 0 Å². The van der Waals surface area contributed by atoms with Crippen molar-refractivity contribution in [3.05, 3.63) is 78.1 Å². The number of hydrogen-bond acceptors (Lipinski definition) is 4. The fourth-order valence-electron chi connectivity index (χ4n) is 2.28. The van der Waals surface area contributed by atoms with Gasteiger partial charge in [-0.15, -0.1) is 0 Å². The Labute approximate surface area is 139 Å². The minimum absolute atomic E-state index is 0.110. The van der Waals surface area contributed by atoms with Crippen LogP contribution in [0.4, 0.5) is 5.69 Å². The first-order valence-corrected chi connectivity index (χ1v) is 7.44. The van der Waals surface area contributed by atoms with Gasteiger partial charge in [0.2, 0.25) is 0 Å². The summed E-state index contributed by atoms with van der Waals surface area (Å²) in [6, 6.07) is 16.4. The van der Waals surface area contributed by atoms with Crippen molar-refractivity contribution in [2.24, 2.45) is 0 Å². The van der Waals surface area contributed by atoms with Gasteiger partial charge in [0.15, 0.2) is 11.6 Å². The molecule has 0 spiro atoms. The number of benzene rings is 2. The number of ketones is 1. The number of carbonyl (C=O) groups is 2. The lowest BCUT2D eigenvalue weighted by molar-refractivity contribution is 0.101. The van der Waals surface area contributed by atoms with Crippen LogP contribution in [0.1, 0.15) is 27.6 Å². The Balaban J connectivity index is 1.80. The molecule has 0 aliphatic heterocycles. The Morgan fingerprint density at radius 2 is 1.50 bits per heavy atom. The van der Waals surface area contributed by atoms with E-state index >= 15 is 0 Å². The Bertz CT molecular complexity index is 875. The molecular weight excluding hydrogens is 302 g/mol. The van der Waals surface area contributed by atoms with Gasteiger partial charge in [-0.25, -0.2) is 9.97 Å². The molecule has 1 aromatic heterocycles. The van der Waals surface area contributed by atoms with Crippen LogP contribution < -0.4 is 5.32 Å². The van der Waals surface area contributed by atoms with Gasteiger partial charge in [0, 0.05) is 23.5 Å². The molecule has 0 aliphatic carbocycles. The van der Waals surface area contributed by atoms with Crippen molar-refractivity contribution in [2.45, 2.75) is 6.92 Å². The van der Waals surface area contributed by atoms with Crippen LogP contribution in [0.25, 0.3) is 11.4 Å². The summed E-state index contributed by atoms with van der Waals surface area (Å²) in [5, 5.41) is 2.73. The van der Waals surface area contributed by atoms with Gasteiger partial charge in [0.05, 0.1) is 11.3 Å². The van der Waals surface area contributed by atoms with Crippen LogP contribution in [0.5, 0.6) is 0 Å². The number of carbonyl (C=O) groups excluding carboxylic acids is 2. The van der Waals surface area contributed by atoms with Crippen molar-refractivity contribution in [1.82, 2.24) is 9.97 Å². The molecule has 0 saturated heterocycles. The minimum atomic E-state index is -0.358. The van der Waals surface area contributed by atoms with Gasteiger partial charge >= 0.3 is 0 Å². The number of Topliss-reactive ketones (excluding diaryl/α,β-unsaturated/α-hetero) is 1. The van der Waals surface area contributed by atoms with E-state index < -0.39 is 0 Å². The third kappa shape index (κ3) is 3.35. The Kier molecular flexibility index (Phi) is 4.43. The molecule has 2 aromatic carbocycles. The molecule has 5 nitrogen and oxygen atoms in total. The number of para-hydroxylation sites is 1. The second-order valence-corrected chi connectivity index (χ2v) is 5.22. The van der Waals surface area contributed by atoms with E-state index in [9.17, 15) is 9.59 Å². The van der Waals surface area contributed by atoms with Crippen LogP contribution in [0.15, 0.2) is 67.0 Å². The van der Waals surface area contributed by atoms with Crippen LogP contribution >= 0.6 is 0 Å². The molecule has 24 heavy (non-hydrogen) atoms. The first-order chi connectivity index (χ1) is 11.6. The zero-order valence-corrected chi connectivity index (χ0v) is 13.1. The van der Waals surface area contributed by atoms with Crippen LogP contribution in [0.2, 0.25) is 0 Å². The maximum atomic E-state index is 12.3. The fraction of sp³-hybridized carbons (Fsp3) is 0.0526. The Morgan fingerprint density at radius 3 is 2.17 bits per heavy atom.